The van der Waals surface area contributed by atoms with Crippen LogP contribution in [0.25, 0.3) is 22.5 Å². The number of hydrogen-bond acceptors (Lipinski definition) is 4. The van der Waals surface area contributed by atoms with Crippen molar-refractivity contribution < 1.29 is 4.84 Å². The number of imidazole rings is 1. The number of nitrogens with zero attached hydrogens (tertiary/aromatic N) is 3. The van der Waals surface area contributed by atoms with Gasteiger partial charge in [0.2, 0.25) is 5.16 Å². The summed E-state index contributed by atoms with van der Waals surface area (Å²) in [4.78, 5) is 13.6. The lowest BCUT2D eigenvalue weighted by Gasteiger charge is -2.16. The molecular formula is C26H27N3OS. The van der Waals surface area contributed by atoms with Crippen LogP contribution in [0.2, 0.25) is 0 Å². The summed E-state index contributed by atoms with van der Waals surface area (Å²) in [5, 5.41) is 0.856. The molecule has 0 saturated carbocycles. The van der Waals surface area contributed by atoms with Crippen molar-refractivity contribution >= 4 is 17.4 Å². The van der Waals surface area contributed by atoms with E-state index in [0.29, 0.717) is 0 Å². The number of benzene rings is 3. The molecule has 4 nitrogen and oxygen atoms in total. The van der Waals surface area contributed by atoms with Crippen molar-refractivity contribution in [3.63, 3.8) is 0 Å². The molecule has 1 aromatic heterocycles. The van der Waals surface area contributed by atoms with E-state index < -0.39 is 0 Å². The summed E-state index contributed by atoms with van der Waals surface area (Å²) in [6.45, 7) is 2.18. The van der Waals surface area contributed by atoms with Crippen LogP contribution in [0.3, 0.4) is 0 Å². The van der Waals surface area contributed by atoms with Gasteiger partial charge in [0.1, 0.15) is 11.4 Å². The Morgan fingerprint density at radius 2 is 1.55 bits per heavy atom. The van der Waals surface area contributed by atoms with Crippen LogP contribution in [-0.4, -0.2) is 29.6 Å². The SMILES string of the molecule is CCCSc1nc(-c2ccccc2)c(-c2ccccc2)n1Oc1cccc(N(C)C)c1. The van der Waals surface area contributed by atoms with E-state index in [4.69, 9.17) is 9.82 Å². The van der Waals surface area contributed by atoms with Gasteiger partial charge < -0.3 is 9.74 Å². The van der Waals surface area contributed by atoms with Gasteiger partial charge in [-0.25, -0.2) is 4.98 Å². The summed E-state index contributed by atoms with van der Waals surface area (Å²) in [6, 6.07) is 28.8. The molecule has 4 aromatic rings. The molecule has 1 heterocycles. The fourth-order valence-electron chi connectivity index (χ4n) is 3.33. The summed E-state index contributed by atoms with van der Waals surface area (Å²) in [5.41, 5.74) is 5.12. The lowest BCUT2D eigenvalue weighted by atomic mass is 10.1. The highest BCUT2D eigenvalue weighted by molar-refractivity contribution is 7.99. The minimum atomic E-state index is 0.777. The second kappa shape index (κ2) is 9.75. The number of rotatable bonds is 8. The zero-order chi connectivity index (χ0) is 21.6. The summed E-state index contributed by atoms with van der Waals surface area (Å²) < 4.78 is 1.90. The highest BCUT2D eigenvalue weighted by Crippen LogP contribution is 2.36. The Morgan fingerprint density at radius 3 is 2.19 bits per heavy atom. The van der Waals surface area contributed by atoms with Gasteiger partial charge in [0, 0.05) is 42.7 Å². The molecule has 0 N–H and O–H groups in total. The fraction of sp³-hybridized carbons (Fsp3) is 0.192. The van der Waals surface area contributed by atoms with E-state index in [2.05, 4.69) is 42.2 Å². The molecule has 4 rings (SSSR count). The average molecular weight is 430 g/mol. The maximum absolute atomic E-state index is 6.49. The van der Waals surface area contributed by atoms with Gasteiger partial charge in [-0.3, -0.25) is 0 Å². The van der Waals surface area contributed by atoms with Crippen LogP contribution in [0.15, 0.2) is 90.1 Å². The lowest BCUT2D eigenvalue weighted by molar-refractivity contribution is 0.194. The van der Waals surface area contributed by atoms with Gasteiger partial charge in [0.25, 0.3) is 0 Å². The minimum absolute atomic E-state index is 0.777. The summed E-state index contributed by atoms with van der Waals surface area (Å²) >= 11 is 1.72. The van der Waals surface area contributed by atoms with E-state index in [1.54, 1.807) is 11.8 Å². The molecule has 0 aliphatic heterocycles. The second-order valence-electron chi connectivity index (χ2n) is 7.45. The molecule has 0 unspecified atom stereocenters. The molecule has 5 heteroatoms. The zero-order valence-corrected chi connectivity index (χ0v) is 19.0. The number of anilines is 1. The van der Waals surface area contributed by atoms with Crippen LogP contribution in [0.4, 0.5) is 5.69 Å². The van der Waals surface area contributed by atoms with E-state index in [1.165, 1.54) is 0 Å². The Balaban J connectivity index is 1.89. The Morgan fingerprint density at radius 1 is 0.871 bits per heavy atom. The first-order valence-corrected chi connectivity index (χ1v) is 11.5. The topological polar surface area (TPSA) is 30.3 Å². The smallest absolute Gasteiger partial charge is 0.204 e. The van der Waals surface area contributed by atoms with Crippen LogP contribution in [0, 0.1) is 0 Å². The monoisotopic (exact) mass is 429 g/mol. The number of hydrogen-bond donors (Lipinski definition) is 0. The largest absolute Gasteiger partial charge is 0.378 e. The van der Waals surface area contributed by atoms with Crippen molar-refractivity contribution in [2.75, 3.05) is 24.7 Å². The first kappa shape index (κ1) is 21.1. The molecule has 3 aromatic carbocycles. The van der Waals surface area contributed by atoms with E-state index in [9.17, 15) is 0 Å². The van der Waals surface area contributed by atoms with Crippen molar-refractivity contribution in [1.29, 1.82) is 0 Å². The molecule has 0 aliphatic rings. The van der Waals surface area contributed by atoms with Gasteiger partial charge in [0.15, 0.2) is 5.75 Å². The van der Waals surface area contributed by atoms with E-state index in [-0.39, 0.29) is 0 Å². The molecular weight excluding hydrogens is 402 g/mol. The molecule has 0 fully saturated rings. The average Bonchev–Trinajstić information content (AvgIpc) is 3.17. The molecule has 0 spiro atoms. The third-order valence-corrected chi connectivity index (χ3v) is 6.00. The Hall–Kier alpha value is -3.18. The summed E-state index contributed by atoms with van der Waals surface area (Å²) in [6.07, 6.45) is 1.06. The molecule has 31 heavy (non-hydrogen) atoms. The maximum Gasteiger partial charge on any atom is 0.204 e. The summed E-state index contributed by atoms with van der Waals surface area (Å²) in [7, 11) is 4.06. The van der Waals surface area contributed by atoms with Crippen molar-refractivity contribution in [3.05, 3.63) is 84.9 Å². The lowest BCUT2D eigenvalue weighted by Crippen LogP contribution is -2.11. The second-order valence-corrected chi connectivity index (χ2v) is 8.51. The Labute approximate surface area is 188 Å². The van der Waals surface area contributed by atoms with Crippen molar-refractivity contribution in [2.24, 2.45) is 0 Å². The molecule has 158 valence electrons. The van der Waals surface area contributed by atoms with Crippen LogP contribution >= 0.6 is 11.8 Å². The first-order chi connectivity index (χ1) is 15.2. The van der Waals surface area contributed by atoms with Crippen molar-refractivity contribution in [2.45, 2.75) is 18.5 Å². The van der Waals surface area contributed by atoms with Gasteiger partial charge >= 0.3 is 0 Å². The molecule has 0 atom stereocenters. The van der Waals surface area contributed by atoms with Gasteiger partial charge in [0.05, 0.1) is 0 Å². The fourth-order valence-corrected chi connectivity index (χ4v) is 4.11. The van der Waals surface area contributed by atoms with Crippen molar-refractivity contribution in [1.82, 2.24) is 9.71 Å². The van der Waals surface area contributed by atoms with E-state index in [0.717, 1.165) is 51.3 Å². The standard InChI is InChI=1S/C26H27N3OS/c1-4-18-31-26-27-24(20-12-7-5-8-13-20)25(21-14-9-6-10-15-21)29(26)30-23-17-11-16-22(19-23)28(2)3/h5-17,19H,4,18H2,1-3H3. The quantitative estimate of drug-likeness (QED) is 0.294. The Kier molecular flexibility index (Phi) is 6.63. The van der Waals surface area contributed by atoms with Gasteiger partial charge in [-0.05, 0) is 18.6 Å². The van der Waals surface area contributed by atoms with E-state index in [1.807, 2.05) is 73.4 Å². The predicted molar refractivity (Wildman–Crippen MR) is 131 cm³/mol. The van der Waals surface area contributed by atoms with Gasteiger partial charge in [-0.2, -0.15) is 0 Å². The van der Waals surface area contributed by atoms with Crippen LogP contribution in [-0.2, 0) is 0 Å². The molecule has 0 aliphatic carbocycles. The molecule has 0 amide bonds. The highest BCUT2D eigenvalue weighted by Gasteiger charge is 2.22. The van der Waals surface area contributed by atoms with Crippen LogP contribution in [0.1, 0.15) is 13.3 Å². The van der Waals surface area contributed by atoms with Gasteiger partial charge in [-0.15, -0.1) is 4.73 Å². The molecule has 0 radical (unpaired) electrons. The van der Waals surface area contributed by atoms with Crippen molar-refractivity contribution in [3.8, 4) is 28.3 Å². The first-order valence-electron chi connectivity index (χ1n) is 10.5. The zero-order valence-electron chi connectivity index (χ0n) is 18.2. The third kappa shape index (κ3) is 4.78. The van der Waals surface area contributed by atoms with E-state index >= 15 is 0 Å². The maximum atomic E-state index is 6.49. The minimum Gasteiger partial charge on any atom is -0.378 e. The molecule has 0 saturated heterocycles. The Bertz CT molecular complexity index is 1120. The van der Waals surface area contributed by atoms with Gasteiger partial charge in [-0.1, -0.05) is 85.4 Å². The summed E-state index contributed by atoms with van der Waals surface area (Å²) in [5.74, 6) is 1.75. The highest BCUT2D eigenvalue weighted by atomic mass is 32.2. The molecule has 0 bridgehead atoms. The van der Waals surface area contributed by atoms with Crippen LogP contribution < -0.4 is 9.74 Å². The normalized spacial score (nSPS) is 10.8. The van der Waals surface area contributed by atoms with Crippen LogP contribution in [0.5, 0.6) is 5.75 Å². The number of aromatic nitrogens is 2. The third-order valence-electron chi connectivity index (χ3n) is 4.87. The predicted octanol–water partition coefficient (Wildman–Crippen LogP) is 6.63. The number of thioether (sulfide) groups is 1.